The Balaban J connectivity index is 1.62. The lowest BCUT2D eigenvalue weighted by molar-refractivity contribution is 0.233. The Bertz CT molecular complexity index is 917. The van der Waals surface area contributed by atoms with Crippen LogP contribution in [0.3, 0.4) is 0 Å². The topological polar surface area (TPSA) is 70.0 Å². The molecular weight excluding hydrogens is 405 g/mol. The summed E-state index contributed by atoms with van der Waals surface area (Å²) >= 11 is 6.41. The monoisotopic (exact) mass is 429 g/mol. The highest BCUT2D eigenvalue weighted by molar-refractivity contribution is 6.31. The average molecular weight is 430 g/mol. The zero-order valence-electron chi connectivity index (χ0n) is 16.8. The molecule has 2 aliphatic rings. The molecule has 3 atom stereocenters. The summed E-state index contributed by atoms with van der Waals surface area (Å²) in [6.07, 6.45) is 3.00. The van der Waals surface area contributed by atoms with Gasteiger partial charge in [-0.3, -0.25) is 20.2 Å². The minimum Gasteiger partial charge on any atom is -0.298 e. The number of nitrogens with one attached hydrogen (secondary N) is 1. The summed E-state index contributed by atoms with van der Waals surface area (Å²) in [5, 5.41) is 7.14. The molecule has 1 saturated heterocycles. The van der Waals surface area contributed by atoms with E-state index in [1.54, 1.807) is 12.3 Å². The van der Waals surface area contributed by atoms with Gasteiger partial charge in [-0.2, -0.15) is 4.91 Å². The van der Waals surface area contributed by atoms with Gasteiger partial charge in [0.25, 0.3) is 0 Å². The first-order valence-corrected chi connectivity index (χ1v) is 10.7. The standard InChI is InChI=1S/C22H25ClFN5O/c1-14-20(13-29-10-7-16(28-30)8-11-29)26-22(19-4-2-3-9-25-19)27-21(14)17-6-5-15(24)12-18(17)23/h2-6,9,12,14,16,21-22,27H,7-8,10-11,13H2,1H3. The Labute approximate surface area is 180 Å². The number of aliphatic imine (C=N–C) groups is 1. The fourth-order valence-electron chi connectivity index (χ4n) is 4.23. The van der Waals surface area contributed by atoms with Crippen molar-refractivity contribution in [2.75, 3.05) is 19.6 Å². The van der Waals surface area contributed by atoms with Crippen LogP contribution < -0.4 is 5.32 Å². The molecule has 8 heteroatoms. The van der Waals surface area contributed by atoms with Gasteiger partial charge >= 0.3 is 0 Å². The molecule has 6 nitrogen and oxygen atoms in total. The summed E-state index contributed by atoms with van der Waals surface area (Å²) in [5.74, 6) is -0.288. The Hall–Kier alpha value is -2.22. The lowest BCUT2D eigenvalue weighted by Gasteiger charge is -2.38. The molecule has 0 bridgehead atoms. The maximum atomic E-state index is 13.6. The Morgan fingerprint density at radius 1 is 1.27 bits per heavy atom. The Morgan fingerprint density at radius 3 is 2.73 bits per heavy atom. The molecule has 3 heterocycles. The predicted octanol–water partition coefficient (Wildman–Crippen LogP) is 4.53. The van der Waals surface area contributed by atoms with Crippen molar-refractivity contribution in [1.82, 2.24) is 15.2 Å². The van der Waals surface area contributed by atoms with Crippen LogP contribution in [0, 0.1) is 16.6 Å². The van der Waals surface area contributed by atoms with Crippen LogP contribution in [-0.2, 0) is 0 Å². The molecule has 4 rings (SSSR count). The number of rotatable bonds is 5. The highest BCUT2D eigenvalue weighted by Crippen LogP contribution is 2.36. The number of nitroso groups, excluding NO2 is 1. The van der Waals surface area contributed by atoms with Crippen molar-refractivity contribution in [3.8, 4) is 0 Å². The van der Waals surface area contributed by atoms with Crippen LogP contribution in [0.15, 0.2) is 52.8 Å². The number of hydrogen-bond donors (Lipinski definition) is 1. The van der Waals surface area contributed by atoms with Crippen molar-refractivity contribution in [2.24, 2.45) is 16.1 Å². The van der Waals surface area contributed by atoms with E-state index in [1.165, 1.54) is 12.1 Å². The normalized spacial score (nSPS) is 25.7. The van der Waals surface area contributed by atoms with Crippen LogP contribution in [0.2, 0.25) is 5.02 Å². The number of likely N-dealkylation sites (tertiary alicyclic amines) is 1. The summed E-state index contributed by atoms with van der Waals surface area (Å²) in [6.45, 7) is 4.48. The van der Waals surface area contributed by atoms with Crippen LogP contribution >= 0.6 is 11.6 Å². The SMILES string of the molecule is CC1C(CN2CCC(N=O)CC2)=NC(c2ccccn2)NC1c1ccc(F)cc1Cl. The van der Waals surface area contributed by atoms with Gasteiger partial charge in [0, 0.05) is 48.5 Å². The lowest BCUT2D eigenvalue weighted by atomic mass is 9.87. The van der Waals surface area contributed by atoms with Crippen molar-refractivity contribution >= 4 is 17.3 Å². The molecule has 1 fully saturated rings. The first kappa shape index (κ1) is 21.0. The fraction of sp³-hybridized carbons (Fsp3) is 0.455. The molecule has 1 aromatic heterocycles. The smallest absolute Gasteiger partial charge is 0.143 e. The quantitative estimate of drug-likeness (QED) is 0.709. The number of benzene rings is 1. The van der Waals surface area contributed by atoms with E-state index in [4.69, 9.17) is 16.6 Å². The Kier molecular flexibility index (Phi) is 6.51. The number of piperidine rings is 1. The second-order valence-electron chi connectivity index (χ2n) is 7.99. The van der Waals surface area contributed by atoms with Crippen LogP contribution in [0.1, 0.15) is 43.2 Å². The number of pyridine rings is 1. The molecule has 158 valence electrons. The zero-order chi connectivity index (χ0) is 21.1. The summed E-state index contributed by atoms with van der Waals surface area (Å²) in [6, 6.07) is 10.1. The van der Waals surface area contributed by atoms with Crippen LogP contribution in [0.5, 0.6) is 0 Å². The van der Waals surface area contributed by atoms with Gasteiger partial charge in [0.2, 0.25) is 0 Å². The predicted molar refractivity (Wildman–Crippen MR) is 116 cm³/mol. The Morgan fingerprint density at radius 2 is 2.07 bits per heavy atom. The van der Waals surface area contributed by atoms with E-state index in [2.05, 4.69) is 27.3 Å². The van der Waals surface area contributed by atoms with Gasteiger partial charge in [0.1, 0.15) is 12.0 Å². The second kappa shape index (κ2) is 9.29. The third-order valence-corrected chi connectivity index (χ3v) is 6.34. The molecule has 0 spiro atoms. The van der Waals surface area contributed by atoms with Crippen molar-refractivity contribution in [3.05, 3.63) is 69.6 Å². The van der Waals surface area contributed by atoms with E-state index in [0.29, 0.717) is 11.6 Å². The maximum Gasteiger partial charge on any atom is 0.143 e. The molecule has 0 aliphatic carbocycles. The molecular formula is C22H25ClFN5O. The third kappa shape index (κ3) is 4.58. The minimum absolute atomic E-state index is 0.0647. The van der Waals surface area contributed by atoms with E-state index in [1.807, 2.05) is 18.2 Å². The number of nitrogens with zero attached hydrogens (tertiary/aromatic N) is 4. The number of hydrogen-bond acceptors (Lipinski definition) is 6. The van der Waals surface area contributed by atoms with Gasteiger partial charge in [-0.15, -0.1) is 0 Å². The molecule has 0 radical (unpaired) electrons. The van der Waals surface area contributed by atoms with Crippen molar-refractivity contribution < 1.29 is 4.39 Å². The van der Waals surface area contributed by atoms with Gasteiger partial charge in [0.05, 0.1) is 11.7 Å². The summed E-state index contributed by atoms with van der Waals surface area (Å²) in [7, 11) is 0. The third-order valence-electron chi connectivity index (χ3n) is 6.02. The summed E-state index contributed by atoms with van der Waals surface area (Å²) in [4.78, 5) is 22.6. The van der Waals surface area contributed by atoms with E-state index in [9.17, 15) is 9.30 Å². The summed E-state index contributed by atoms with van der Waals surface area (Å²) in [5.41, 5.74) is 2.73. The zero-order valence-corrected chi connectivity index (χ0v) is 17.6. The molecule has 3 unspecified atom stereocenters. The summed E-state index contributed by atoms with van der Waals surface area (Å²) < 4.78 is 13.6. The molecule has 2 aromatic rings. The second-order valence-corrected chi connectivity index (χ2v) is 8.40. The van der Waals surface area contributed by atoms with E-state index in [0.717, 1.165) is 42.9 Å². The molecule has 0 saturated carbocycles. The molecule has 1 aromatic carbocycles. The largest absolute Gasteiger partial charge is 0.298 e. The van der Waals surface area contributed by atoms with E-state index >= 15 is 0 Å². The first-order chi connectivity index (χ1) is 14.5. The lowest BCUT2D eigenvalue weighted by Crippen LogP contribution is -2.45. The highest BCUT2D eigenvalue weighted by Gasteiger charge is 2.34. The van der Waals surface area contributed by atoms with E-state index in [-0.39, 0.29) is 30.0 Å². The fourth-order valence-corrected chi connectivity index (χ4v) is 4.51. The van der Waals surface area contributed by atoms with Crippen molar-refractivity contribution in [2.45, 2.75) is 38.0 Å². The van der Waals surface area contributed by atoms with Crippen LogP contribution in [0.25, 0.3) is 0 Å². The molecule has 30 heavy (non-hydrogen) atoms. The van der Waals surface area contributed by atoms with Crippen LogP contribution in [-0.4, -0.2) is 41.3 Å². The molecule has 2 aliphatic heterocycles. The first-order valence-electron chi connectivity index (χ1n) is 10.3. The van der Waals surface area contributed by atoms with E-state index < -0.39 is 0 Å². The molecule has 0 amide bonds. The van der Waals surface area contributed by atoms with Gasteiger partial charge in [-0.1, -0.05) is 35.8 Å². The number of aromatic nitrogens is 1. The molecule has 1 N–H and O–H groups in total. The van der Waals surface area contributed by atoms with Gasteiger partial charge < -0.3 is 0 Å². The van der Waals surface area contributed by atoms with Crippen molar-refractivity contribution in [1.29, 1.82) is 0 Å². The van der Waals surface area contributed by atoms with Gasteiger partial charge in [-0.25, -0.2) is 4.39 Å². The number of halogens is 2. The van der Waals surface area contributed by atoms with Gasteiger partial charge in [-0.05, 0) is 42.7 Å². The average Bonchev–Trinajstić information content (AvgIpc) is 2.77. The van der Waals surface area contributed by atoms with Crippen LogP contribution in [0.4, 0.5) is 4.39 Å². The minimum atomic E-state index is -0.353. The van der Waals surface area contributed by atoms with Gasteiger partial charge in [0.15, 0.2) is 0 Å². The maximum absolute atomic E-state index is 13.6. The van der Waals surface area contributed by atoms with Crippen molar-refractivity contribution in [3.63, 3.8) is 0 Å². The highest BCUT2D eigenvalue weighted by atomic mass is 35.5.